The summed E-state index contributed by atoms with van der Waals surface area (Å²) in [5, 5.41) is 7.09. The van der Waals surface area contributed by atoms with Gasteiger partial charge in [-0.15, -0.1) is 0 Å². The van der Waals surface area contributed by atoms with Gasteiger partial charge < -0.3 is 4.99 Å². The molecule has 0 fully saturated rings. The molecule has 4 heteroatoms. The molecule has 1 aromatic rings. The number of aromatic amines is 1. The topological polar surface area (TPSA) is 53.4 Å². The maximum absolute atomic E-state index is 4.28. The van der Waals surface area contributed by atoms with Crippen molar-refractivity contribution in [3.05, 3.63) is 17.5 Å². The van der Waals surface area contributed by atoms with E-state index >= 15 is 0 Å². The van der Waals surface area contributed by atoms with Crippen LogP contribution < -0.4 is 0 Å². The van der Waals surface area contributed by atoms with E-state index in [2.05, 4.69) is 40.7 Å². The Kier molecular flexibility index (Phi) is 4.21. The van der Waals surface area contributed by atoms with Crippen LogP contribution in [0.25, 0.3) is 0 Å². The summed E-state index contributed by atoms with van der Waals surface area (Å²) < 4.78 is 0. The highest BCUT2D eigenvalue weighted by Gasteiger charge is 2.13. The zero-order chi connectivity index (χ0) is 11.3. The van der Waals surface area contributed by atoms with Crippen molar-refractivity contribution in [1.29, 1.82) is 0 Å². The van der Waals surface area contributed by atoms with Crippen LogP contribution in [0.5, 0.6) is 0 Å². The Bertz CT molecular complexity index is 349. The summed E-state index contributed by atoms with van der Waals surface area (Å²) in [6.07, 6.45) is 2.65. The van der Waals surface area contributed by atoms with Crippen molar-refractivity contribution in [1.82, 2.24) is 10.2 Å². The molecule has 1 aromatic heterocycles. The molecule has 82 valence electrons. The third kappa shape index (κ3) is 2.75. The number of hydrogen-bond donors (Lipinski definition) is 1. The third-order valence-electron chi connectivity index (χ3n) is 2.33. The largest absolute Gasteiger partial charge is 0.301 e. The third-order valence-corrected chi connectivity index (χ3v) is 2.33. The van der Waals surface area contributed by atoms with Crippen LogP contribution in [-0.4, -0.2) is 36.2 Å². The first-order valence-electron chi connectivity index (χ1n) is 5.12. The lowest BCUT2D eigenvalue weighted by Gasteiger charge is -2.07. The Morgan fingerprint density at radius 2 is 2.33 bits per heavy atom. The van der Waals surface area contributed by atoms with E-state index < -0.39 is 0 Å². The number of hydrogen-bond acceptors (Lipinski definition) is 3. The van der Waals surface area contributed by atoms with Crippen molar-refractivity contribution in [2.45, 2.75) is 26.2 Å². The van der Waals surface area contributed by atoms with Gasteiger partial charge in [0.05, 0.1) is 6.20 Å². The van der Waals surface area contributed by atoms with E-state index in [0.717, 1.165) is 23.4 Å². The van der Waals surface area contributed by atoms with Crippen LogP contribution in [0.15, 0.2) is 16.2 Å². The number of aromatic nitrogens is 2. The number of nitrogens with zero attached hydrogens (tertiary/aromatic N) is 3. The minimum Gasteiger partial charge on any atom is -0.301 e. The van der Waals surface area contributed by atoms with E-state index in [0.29, 0.717) is 12.5 Å². The summed E-state index contributed by atoms with van der Waals surface area (Å²) in [6.45, 7) is 8.45. The molecule has 0 radical (unpaired) electrons. The smallest absolute Gasteiger partial charge is 0.0581 e. The summed E-state index contributed by atoms with van der Waals surface area (Å²) in [7, 11) is 1.80. The normalized spacial score (nSPS) is 12.1. The van der Waals surface area contributed by atoms with E-state index in [1.807, 2.05) is 6.20 Å². The second kappa shape index (κ2) is 5.44. The zero-order valence-electron chi connectivity index (χ0n) is 9.62. The molecule has 0 unspecified atom stereocenters. The van der Waals surface area contributed by atoms with E-state index in [4.69, 9.17) is 0 Å². The molecule has 0 atom stereocenters. The quantitative estimate of drug-likeness (QED) is 0.736. The molecule has 0 aliphatic rings. The van der Waals surface area contributed by atoms with Crippen molar-refractivity contribution in [3.8, 4) is 0 Å². The van der Waals surface area contributed by atoms with Crippen LogP contribution in [0, 0.1) is 0 Å². The second-order valence-electron chi connectivity index (χ2n) is 3.72. The number of nitrogens with one attached hydrogen (secondary N) is 1. The fourth-order valence-electron chi connectivity index (χ4n) is 1.52. The molecule has 0 spiro atoms. The molecular formula is C11H18N4. The average molecular weight is 206 g/mol. The molecule has 0 aliphatic heterocycles. The summed E-state index contributed by atoms with van der Waals surface area (Å²) in [6, 6.07) is 0. The molecule has 0 aliphatic carbocycles. The zero-order valence-corrected chi connectivity index (χ0v) is 9.62. The van der Waals surface area contributed by atoms with Crippen LogP contribution >= 0.6 is 0 Å². The summed E-state index contributed by atoms with van der Waals surface area (Å²) in [5.74, 6) is 0.427. The first kappa shape index (κ1) is 11.6. The van der Waals surface area contributed by atoms with Crippen LogP contribution in [-0.2, 0) is 0 Å². The van der Waals surface area contributed by atoms with Gasteiger partial charge in [0.2, 0.25) is 0 Å². The summed E-state index contributed by atoms with van der Waals surface area (Å²) in [5.41, 5.74) is 3.29. The van der Waals surface area contributed by atoms with E-state index in [1.165, 1.54) is 0 Å². The monoisotopic (exact) mass is 206 g/mol. The van der Waals surface area contributed by atoms with E-state index in [-0.39, 0.29) is 0 Å². The van der Waals surface area contributed by atoms with Gasteiger partial charge in [0.1, 0.15) is 0 Å². The van der Waals surface area contributed by atoms with Gasteiger partial charge in [0.15, 0.2) is 0 Å². The van der Waals surface area contributed by atoms with Gasteiger partial charge in [0, 0.05) is 37.0 Å². The van der Waals surface area contributed by atoms with Crippen molar-refractivity contribution in [2.24, 2.45) is 9.98 Å². The lowest BCUT2D eigenvalue weighted by Crippen LogP contribution is -2.06. The number of rotatable bonds is 5. The SMILES string of the molecule is C=NCCC(=NC)c1cn[nH]c1C(C)C. The molecule has 15 heavy (non-hydrogen) atoms. The number of aliphatic imine (C=N–C) groups is 2. The molecular weight excluding hydrogens is 188 g/mol. The second-order valence-corrected chi connectivity index (χ2v) is 3.72. The first-order chi connectivity index (χ1) is 7.20. The highest BCUT2D eigenvalue weighted by atomic mass is 15.1. The molecule has 0 saturated heterocycles. The first-order valence-corrected chi connectivity index (χ1v) is 5.12. The van der Waals surface area contributed by atoms with Crippen molar-refractivity contribution in [2.75, 3.05) is 13.6 Å². The minimum atomic E-state index is 0.427. The van der Waals surface area contributed by atoms with E-state index in [1.54, 1.807) is 7.05 Å². The van der Waals surface area contributed by atoms with Crippen LogP contribution in [0.1, 0.15) is 37.4 Å². The maximum atomic E-state index is 4.28. The Labute approximate surface area is 90.5 Å². The maximum Gasteiger partial charge on any atom is 0.0581 e. The Balaban J connectivity index is 2.92. The van der Waals surface area contributed by atoms with Gasteiger partial charge >= 0.3 is 0 Å². The lowest BCUT2D eigenvalue weighted by molar-refractivity contribution is 0.808. The fraction of sp³-hybridized carbons (Fsp3) is 0.545. The molecule has 1 heterocycles. The predicted molar refractivity (Wildman–Crippen MR) is 64.2 cm³/mol. The van der Waals surface area contributed by atoms with Gasteiger partial charge in [-0.05, 0) is 12.6 Å². The van der Waals surface area contributed by atoms with Gasteiger partial charge in [0.25, 0.3) is 0 Å². The van der Waals surface area contributed by atoms with Gasteiger partial charge in [-0.1, -0.05) is 13.8 Å². The fourth-order valence-corrected chi connectivity index (χ4v) is 1.52. The molecule has 0 amide bonds. The summed E-state index contributed by atoms with van der Waals surface area (Å²) >= 11 is 0. The Morgan fingerprint density at radius 1 is 1.60 bits per heavy atom. The van der Waals surface area contributed by atoms with Crippen LogP contribution in [0.4, 0.5) is 0 Å². The van der Waals surface area contributed by atoms with Crippen molar-refractivity contribution in [3.63, 3.8) is 0 Å². The molecule has 1 N–H and O–H groups in total. The number of H-pyrrole nitrogens is 1. The highest BCUT2D eigenvalue weighted by molar-refractivity contribution is 6.01. The van der Waals surface area contributed by atoms with Crippen molar-refractivity contribution < 1.29 is 0 Å². The minimum absolute atomic E-state index is 0.427. The van der Waals surface area contributed by atoms with Crippen LogP contribution in [0.3, 0.4) is 0 Å². The molecule has 4 nitrogen and oxygen atoms in total. The average Bonchev–Trinajstić information content (AvgIpc) is 2.68. The van der Waals surface area contributed by atoms with Gasteiger partial charge in [-0.3, -0.25) is 10.1 Å². The van der Waals surface area contributed by atoms with E-state index in [9.17, 15) is 0 Å². The summed E-state index contributed by atoms with van der Waals surface area (Å²) in [4.78, 5) is 8.13. The molecule has 0 saturated carbocycles. The Morgan fingerprint density at radius 3 is 2.87 bits per heavy atom. The highest BCUT2D eigenvalue weighted by Crippen LogP contribution is 2.18. The van der Waals surface area contributed by atoms with Crippen LogP contribution in [0.2, 0.25) is 0 Å². The Hall–Kier alpha value is -1.45. The lowest BCUT2D eigenvalue weighted by atomic mass is 10.0. The standard InChI is InChI=1S/C11H18N4/c1-8(2)11-9(7-14-15-11)10(13-4)5-6-12-3/h7-8H,3,5-6H2,1-2,4H3,(H,14,15). The van der Waals surface area contributed by atoms with Gasteiger partial charge in [-0.25, -0.2) is 0 Å². The predicted octanol–water partition coefficient (Wildman–Crippen LogP) is 2.04. The van der Waals surface area contributed by atoms with Gasteiger partial charge in [-0.2, -0.15) is 5.10 Å². The molecule has 0 bridgehead atoms. The van der Waals surface area contributed by atoms with Crippen molar-refractivity contribution >= 4 is 12.4 Å². The molecule has 0 aromatic carbocycles. The molecule has 1 rings (SSSR count).